The number of allylic oxidation sites excluding steroid dienone is 6. The third-order valence-electron chi connectivity index (χ3n) is 2.64. The number of hydrogen-bond acceptors (Lipinski definition) is 2. The van der Waals surface area contributed by atoms with Gasteiger partial charge in [0.05, 0.1) is 0 Å². The Balaban J connectivity index is 2.78. The van der Waals surface area contributed by atoms with Gasteiger partial charge in [-0.05, 0) is 56.3 Å². The predicted molar refractivity (Wildman–Crippen MR) is 90.7 cm³/mol. The van der Waals surface area contributed by atoms with Crippen molar-refractivity contribution in [2.45, 2.75) is 13.8 Å². The summed E-state index contributed by atoms with van der Waals surface area (Å²) in [4.78, 5) is 0. The van der Waals surface area contributed by atoms with E-state index < -0.39 is 0 Å². The Kier molecular flexibility index (Phi) is 6.69. The summed E-state index contributed by atoms with van der Waals surface area (Å²) >= 11 is 0. The molecule has 1 rings (SSSR count). The van der Waals surface area contributed by atoms with Gasteiger partial charge in [0, 0.05) is 22.8 Å². The van der Waals surface area contributed by atoms with E-state index in [-0.39, 0.29) is 0 Å². The summed E-state index contributed by atoms with van der Waals surface area (Å²) in [6.45, 7) is 11.4. The van der Waals surface area contributed by atoms with Gasteiger partial charge in [0.2, 0.25) is 0 Å². The lowest BCUT2D eigenvalue weighted by molar-refractivity contribution is 1.43. The van der Waals surface area contributed by atoms with Gasteiger partial charge in [0.25, 0.3) is 0 Å². The molecule has 0 heterocycles. The summed E-state index contributed by atoms with van der Waals surface area (Å²) in [6, 6.07) is 8.10. The highest BCUT2D eigenvalue weighted by atomic mass is 14.9. The number of rotatable bonds is 7. The summed E-state index contributed by atoms with van der Waals surface area (Å²) in [6.07, 6.45) is 11.5. The molecular weight excluding hydrogens is 244 g/mol. The maximum atomic E-state index is 3.76. The van der Waals surface area contributed by atoms with Gasteiger partial charge in [-0.25, -0.2) is 0 Å². The molecule has 0 aliphatic heterocycles. The molecule has 2 heteroatoms. The third-order valence-corrected chi connectivity index (χ3v) is 2.64. The zero-order chi connectivity index (χ0) is 14.8. The molecule has 0 fully saturated rings. The average molecular weight is 266 g/mol. The fourth-order valence-corrected chi connectivity index (χ4v) is 1.66. The van der Waals surface area contributed by atoms with Crippen LogP contribution in [0.5, 0.6) is 0 Å². The zero-order valence-electron chi connectivity index (χ0n) is 12.2. The maximum Gasteiger partial charge on any atom is 0.0385 e. The quantitative estimate of drug-likeness (QED) is 0.659. The van der Waals surface area contributed by atoms with Gasteiger partial charge in [-0.1, -0.05) is 31.4 Å². The summed E-state index contributed by atoms with van der Waals surface area (Å²) < 4.78 is 0. The monoisotopic (exact) mass is 266 g/mol. The van der Waals surface area contributed by atoms with E-state index in [0.717, 1.165) is 22.8 Å². The van der Waals surface area contributed by atoms with E-state index >= 15 is 0 Å². The van der Waals surface area contributed by atoms with E-state index in [4.69, 9.17) is 0 Å². The van der Waals surface area contributed by atoms with Crippen LogP contribution in [0.4, 0.5) is 11.4 Å². The molecule has 20 heavy (non-hydrogen) atoms. The minimum Gasteiger partial charge on any atom is -0.356 e. The molecule has 0 amide bonds. The SMILES string of the molecule is C=C/C=C(\C=C/C)Nc1ccc(N/C(C=C)=C/C)cc1. The molecule has 1 aromatic rings. The van der Waals surface area contributed by atoms with Crippen molar-refractivity contribution in [2.75, 3.05) is 10.6 Å². The highest BCUT2D eigenvalue weighted by Crippen LogP contribution is 2.17. The second-order valence-corrected chi connectivity index (χ2v) is 4.13. The Morgan fingerprint density at radius 3 is 1.90 bits per heavy atom. The minimum absolute atomic E-state index is 0.992. The van der Waals surface area contributed by atoms with Crippen LogP contribution in [0.25, 0.3) is 0 Å². The van der Waals surface area contributed by atoms with Gasteiger partial charge < -0.3 is 10.6 Å². The summed E-state index contributed by atoms with van der Waals surface area (Å²) in [7, 11) is 0. The van der Waals surface area contributed by atoms with Crippen LogP contribution in [0.15, 0.2) is 85.3 Å². The summed E-state index contributed by atoms with van der Waals surface area (Å²) in [5.41, 5.74) is 4.06. The van der Waals surface area contributed by atoms with Crippen LogP contribution in [0, 0.1) is 0 Å². The second kappa shape index (κ2) is 8.59. The third kappa shape index (κ3) is 5.02. The first-order chi connectivity index (χ1) is 9.73. The maximum absolute atomic E-state index is 3.76. The smallest absolute Gasteiger partial charge is 0.0385 e. The van der Waals surface area contributed by atoms with Gasteiger partial charge >= 0.3 is 0 Å². The molecule has 0 atom stereocenters. The van der Waals surface area contributed by atoms with Crippen molar-refractivity contribution in [1.82, 2.24) is 0 Å². The first-order valence-electron chi connectivity index (χ1n) is 6.61. The largest absolute Gasteiger partial charge is 0.356 e. The minimum atomic E-state index is 0.992. The molecule has 1 aromatic carbocycles. The van der Waals surface area contributed by atoms with Crippen LogP contribution >= 0.6 is 0 Å². The van der Waals surface area contributed by atoms with Crippen LogP contribution < -0.4 is 10.6 Å². The van der Waals surface area contributed by atoms with Crippen molar-refractivity contribution in [3.63, 3.8) is 0 Å². The van der Waals surface area contributed by atoms with Crippen molar-refractivity contribution in [3.8, 4) is 0 Å². The summed E-state index contributed by atoms with van der Waals surface area (Å²) in [5.74, 6) is 0. The van der Waals surface area contributed by atoms with Crippen LogP contribution in [-0.2, 0) is 0 Å². The molecule has 0 bridgehead atoms. The first kappa shape index (κ1) is 15.6. The zero-order valence-corrected chi connectivity index (χ0v) is 12.2. The molecule has 0 aliphatic rings. The molecule has 0 saturated heterocycles. The van der Waals surface area contributed by atoms with Crippen molar-refractivity contribution < 1.29 is 0 Å². The molecule has 0 saturated carbocycles. The van der Waals surface area contributed by atoms with Crippen molar-refractivity contribution in [1.29, 1.82) is 0 Å². The van der Waals surface area contributed by atoms with E-state index in [9.17, 15) is 0 Å². The summed E-state index contributed by atoms with van der Waals surface area (Å²) in [5, 5.41) is 6.61. The average Bonchev–Trinajstić information content (AvgIpc) is 2.47. The van der Waals surface area contributed by atoms with Crippen molar-refractivity contribution in [2.24, 2.45) is 0 Å². The molecule has 0 aromatic heterocycles. The molecule has 2 nitrogen and oxygen atoms in total. The van der Waals surface area contributed by atoms with Crippen LogP contribution in [0.3, 0.4) is 0 Å². The molecule has 0 aliphatic carbocycles. The Morgan fingerprint density at radius 2 is 1.50 bits per heavy atom. The number of benzene rings is 1. The Labute approximate surface area is 121 Å². The van der Waals surface area contributed by atoms with Crippen LogP contribution in [0.1, 0.15) is 13.8 Å². The number of hydrogen-bond donors (Lipinski definition) is 2. The number of anilines is 2. The molecular formula is C18H22N2. The lowest BCUT2D eigenvalue weighted by Crippen LogP contribution is -1.98. The molecule has 0 radical (unpaired) electrons. The van der Waals surface area contributed by atoms with Crippen molar-refractivity contribution in [3.05, 3.63) is 85.3 Å². The van der Waals surface area contributed by atoms with Crippen molar-refractivity contribution >= 4 is 11.4 Å². The Hall–Kier alpha value is -2.48. The van der Waals surface area contributed by atoms with Gasteiger partial charge in [-0.2, -0.15) is 0 Å². The second-order valence-electron chi connectivity index (χ2n) is 4.13. The van der Waals surface area contributed by atoms with E-state index in [2.05, 4.69) is 23.8 Å². The number of nitrogens with one attached hydrogen (secondary N) is 2. The van der Waals surface area contributed by atoms with E-state index in [1.54, 1.807) is 12.2 Å². The van der Waals surface area contributed by atoms with Gasteiger partial charge in [0.15, 0.2) is 0 Å². The Morgan fingerprint density at radius 1 is 0.950 bits per heavy atom. The van der Waals surface area contributed by atoms with Gasteiger partial charge in [-0.15, -0.1) is 0 Å². The topological polar surface area (TPSA) is 24.1 Å². The Bertz CT molecular complexity index is 531. The molecule has 0 unspecified atom stereocenters. The van der Waals surface area contributed by atoms with E-state index in [0.29, 0.717) is 0 Å². The first-order valence-corrected chi connectivity index (χ1v) is 6.61. The molecule has 0 spiro atoms. The van der Waals surface area contributed by atoms with Gasteiger partial charge in [0.1, 0.15) is 0 Å². The van der Waals surface area contributed by atoms with Gasteiger partial charge in [-0.3, -0.25) is 0 Å². The lowest BCUT2D eigenvalue weighted by atomic mass is 10.2. The van der Waals surface area contributed by atoms with Crippen LogP contribution in [0.2, 0.25) is 0 Å². The fraction of sp³-hybridized carbons (Fsp3) is 0.111. The molecule has 104 valence electrons. The van der Waals surface area contributed by atoms with Crippen LogP contribution in [-0.4, -0.2) is 0 Å². The van der Waals surface area contributed by atoms with E-state index in [1.807, 2.05) is 62.4 Å². The highest BCUT2D eigenvalue weighted by molar-refractivity contribution is 5.59. The fourth-order valence-electron chi connectivity index (χ4n) is 1.66. The molecule has 2 N–H and O–H groups in total. The van der Waals surface area contributed by atoms with E-state index in [1.165, 1.54) is 0 Å². The lowest BCUT2D eigenvalue weighted by Gasteiger charge is -2.10. The standard InChI is InChI=1S/C18H22N2/c1-5-9-16(10-6-2)20-18-13-11-17(12-14-18)19-15(7-3)8-4/h5-14,19-20H,1,3H2,2,4H3/b10-6-,15-8+,16-9+. The highest BCUT2D eigenvalue weighted by Gasteiger charge is 1.96. The normalized spacial score (nSPS) is 12.3. The predicted octanol–water partition coefficient (Wildman–Crippen LogP) is 5.25.